The second-order valence-corrected chi connectivity index (χ2v) is 7.75. The van der Waals surface area contributed by atoms with Crippen molar-refractivity contribution >= 4 is 11.2 Å². The number of fused-ring (bicyclic) bond motifs is 1. The summed E-state index contributed by atoms with van der Waals surface area (Å²) < 4.78 is 9.99. The van der Waals surface area contributed by atoms with E-state index in [2.05, 4.69) is 4.98 Å². The van der Waals surface area contributed by atoms with E-state index < -0.39 is 0 Å². The lowest BCUT2D eigenvalue weighted by Gasteiger charge is -2.12. The number of ether oxygens (including phenoxy) is 1. The number of imidazole rings is 1. The molecule has 0 saturated heterocycles. The first-order valence-corrected chi connectivity index (χ1v) is 9.99. The lowest BCUT2D eigenvalue weighted by Crippen LogP contribution is -2.39. The van der Waals surface area contributed by atoms with E-state index >= 15 is 0 Å². The Kier molecular flexibility index (Phi) is 4.31. The number of aryl methyl sites for hydroxylation is 1. The minimum Gasteiger partial charge on any atom is -0.497 e. The van der Waals surface area contributed by atoms with Gasteiger partial charge in [-0.05, 0) is 49.6 Å². The second kappa shape index (κ2) is 7.02. The van der Waals surface area contributed by atoms with E-state index in [1.54, 1.807) is 18.0 Å². The van der Waals surface area contributed by atoms with Crippen LogP contribution in [0.25, 0.3) is 16.9 Å². The molecule has 0 amide bonds. The van der Waals surface area contributed by atoms with Crippen molar-refractivity contribution in [3.8, 4) is 11.4 Å². The largest absolute Gasteiger partial charge is 0.497 e. The second-order valence-electron chi connectivity index (χ2n) is 7.75. The van der Waals surface area contributed by atoms with E-state index in [1.165, 1.54) is 4.57 Å². The fourth-order valence-corrected chi connectivity index (χ4v) is 3.78. The number of hydrogen-bond donors (Lipinski definition) is 0. The fraction of sp³-hybridized carbons (Fsp3) is 0.261. The van der Waals surface area contributed by atoms with Gasteiger partial charge in [0.1, 0.15) is 5.75 Å². The van der Waals surface area contributed by atoms with Crippen LogP contribution in [0.1, 0.15) is 30.0 Å². The van der Waals surface area contributed by atoms with E-state index in [4.69, 9.17) is 4.74 Å². The molecule has 2 aromatic carbocycles. The van der Waals surface area contributed by atoms with Crippen molar-refractivity contribution in [3.05, 3.63) is 86.8 Å². The Morgan fingerprint density at radius 3 is 2.37 bits per heavy atom. The molecule has 0 unspecified atom stereocenters. The Labute approximate surface area is 172 Å². The van der Waals surface area contributed by atoms with Crippen molar-refractivity contribution in [2.24, 2.45) is 0 Å². The van der Waals surface area contributed by atoms with Crippen LogP contribution in [0.3, 0.4) is 0 Å². The summed E-state index contributed by atoms with van der Waals surface area (Å²) in [7, 11) is 1.63. The van der Waals surface area contributed by atoms with E-state index in [1.807, 2.05) is 60.0 Å². The summed E-state index contributed by atoms with van der Waals surface area (Å²) in [5, 5.41) is 0. The molecule has 1 aliphatic carbocycles. The molecule has 0 radical (unpaired) electrons. The average molecular weight is 402 g/mol. The zero-order valence-electron chi connectivity index (χ0n) is 16.9. The van der Waals surface area contributed by atoms with Crippen LogP contribution in [-0.2, 0) is 6.54 Å². The van der Waals surface area contributed by atoms with Crippen molar-refractivity contribution in [1.82, 2.24) is 18.7 Å². The molecule has 7 nitrogen and oxygen atoms in total. The predicted octanol–water partition coefficient (Wildman–Crippen LogP) is 3.05. The molecule has 0 atom stereocenters. The summed E-state index contributed by atoms with van der Waals surface area (Å²) in [4.78, 5) is 31.1. The van der Waals surface area contributed by atoms with Crippen LogP contribution in [0.5, 0.6) is 5.75 Å². The first-order valence-electron chi connectivity index (χ1n) is 9.99. The van der Waals surface area contributed by atoms with Crippen molar-refractivity contribution in [1.29, 1.82) is 0 Å². The Balaban J connectivity index is 1.71. The Morgan fingerprint density at radius 1 is 1.03 bits per heavy atom. The van der Waals surface area contributed by atoms with Crippen LogP contribution >= 0.6 is 0 Å². The molecule has 0 spiro atoms. The molecule has 2 aromatic heterocycles. The number of hydrogen-bond acceptors (Lipinski definition) is 4. The molecule has 0 N–H and O–H groups in total. The maximum Gasteiger partial charge on any atom is 0.337 e. The molecule has 152 valence electrons. The molecule has 1 saturated carbocycles. The SMILES string of the molecule is COc1ccc(Cn2cnc3c2c(=O)n(C2CC2)c(=O)n3-c2ccc(C)cc2)cc1. The topological polar surface area (TPSA) is 71.1 Å². The van der Waals surface area contributed by atoms with Gasteiger partial charge in [0.2, 0.25) is 0 Å². The highest BCUT2D eigenvalue weighted by atomic mass is 16.5. The van der Waals surface area contributed by atoms with Crippen molar-refractivity contribution in [2.75, 3.05) is 7.11 Å². The molecular weight excluding hydrogens is 380 g/mol. The normalized spacial score (nSPS) is 13.7. The summed E-state index contributed by atoms with van der Waals surface area (Å²) in [5.41, 5.74) is 3.06. The third kappa shape index (κ3) is 3.03. The number of benzene rings is 2. The fourth-order valence-electron chi connectivity index (χ4n) is 3.78. The summed E-state index contributed by atoms with van der Waals surface area (Å²) >= 11 is 0. The molecule has 30 heavy (non-hydrogen) atoms. The standard InChI is InChI=1S/C23H22N4O3/c1-15-3-7-17(8-4-15)26-21-20(22(28)27(23(26)29)18-9-10-18)25(14-24-21)13-16-5-11-19(30-2)12-6-16/h3-8,11-12,14,18H,9-10,13H2,1-2H3. The molecule has 4 aromatic rings. The van der Waals surface area contributed by atoms with Crippen LogP contribution in [0.4, 0.5) is 0 Å². The van der Waals surface area contributed by atoms with Crippen LogP contribution in [0.2, 0.25) is 0 Å². The molecule has 0 bridgehead atoms. The Bertz CT molecular complexity index is 1340. The van der Waals surface area contributed by atoms with E-state index in [0.717, 1.165) is 29.7 Å². The van der Waals surface area contributed by atoms with Gasteiger partial charge in [0.05, 0.1) is 19.1 Å². The zero-order chi connectivity index (χ0) is 20.8. The van der Waals surface area contributed by atoms with Crippen molar-refractivity contribution < 1.29 is 4.74 Å². The number of methoxy groups -OCH3 is 1. The third-order valence-electron chi connectivity index (χ3n) is 5.57. The molecule has 5 rings (SSSR count). The van der Waals surface area contributed by atoms with Crippen LogP contribution in [0, 0.1) is 6.92 Å². The van der Waals surface area contributed by atoms with E-state index in [-0.39, 0.29) is 17.3 Å². The molecule has 1 fully saturated rings. The quantitative estimate of drug-likeness (QED) is 0.514. The lowest BCUT2D eigenvalue weighted by molar-refractivity contribution is 0.414. The first-order chi connectivity index (χ1) is 14.6. The average Bonchev–Trinajstić information content (AvgIpc) is 3.50. The van der Waals surface area contributed by atoms with Crippen molar-refractivity contribution in [3.63, 3.8) is 0 Å². The highest BCUT2D eigenvalue weighted by molar-refractivity contribution is 5.72. The van der Waals surface area contributed by atoms with Crippen LogP contribution in [0.15, 0.2) is 64.4 Å². The molecule has 0 aliphatic heterocycles. The van der Waals surface area contributed by atoms with E-state index in [9.17, 15) is 9.59 Å². The van der Waals surface area contributed by atoms with Crippen LogP contribution < -0.4 is 16.0 Å². The summed E-state index contributed by atoms with van der Waals surface area (Å²) in [6.07, 6.45) is 3.33. The molecular formula is C23H22N4O3. The smallest absolute Gasteiger partial charge is 0.337 e. The predicted molar refractivity (Wildman–Crippen MR) is 115 cm³/mol. The minimum atomic E-state index is -0.325. The number of aromatic nitrogens is 4. The molecule has 2 heterocycles. The van der Waals surface area contributed by atoms with Gasteiger partial charge in [-0.15, -0.1) is 0 Å². The Hall–Kier alpha value is -3.61. The van der Waals surface area contributed by atoms with Gasteiger partial charge in [0.15, 0.2) is 11.2 Å². The van der Waals surface area contributed by atoms with Gasteiger partial charge in [-0.3, -0.25) is 9.36 Å². The molecule has 7 heteroatoms. The zero-order valence-corrected chi connectivity index (χ0v) is 16.9. The highest BCUT2D eigenvalue weighted by Gasteiger charge is 2.30. The monoisotopic (exact) mass is 402 g/mol. The van der Waals surface area contributed by atoms with Gasteiger partial charge >= 0.3 is 5.69 Å². The Morgan fingerprint density at radius 2 is 1.73 bits per heavy atom. The third-order valence-corrected chi connectivity index (χ3v) is 5.57. The van der Waals surface area contributed by atoms with Gasteiger partial charge < -0.3 is 9.30 Å². The minimum absolute atomic E-state index is 0.0320. The van der Waals surface area contributed by atoms with Gasteiger partial charge in [-0.1, -0.05) is 29.8 Å². The lowest BCUT2D eigenvalue weighted by atomic mass is 10.2. The van der Waals surface area contributed by atoms with Gasteiger partial charge in [0.25, 0.3) is 5.56 Å². The van der Waals surface area contributed by atoms with Gasteiger partial charge in [0, 0.05) is 12.6 Å². The first kappa shape index (κ1) is 18.4. The molecule has 1 aliphatic rings. The van der Waals surface area contributed by atoms with E-state index in [0.29, 0.717) is 23.4 Å². The number of nitrogens with zero attached hydrogens (tertiary/aromatic N) is 4. The van der Waals surface area contributed by atoms with Gasteiger partial charge in [-0.2, -0.15) is 0 Å². The summed E-state index contributed by atoms with van der Waals surface area (Å²) in [6, 6.07) is 15.3. The maximum atomic E-state index is 13.3. The maximum absolute atomic E-state index is 13.3. The summed E-state index contributed by atoms with van der Waals surface area (Å²) in [5.74, 6) is 0.776. The summed E-state index contributed by atoms with van der Waals surface area (Å²) in [6.45, 7) is 2.48. The highest BCUT2D eigenvalue weighted by Crippen LogP contribution is 2.32. The van der Waals surface area contributed by atoms with Gasteiger partial charge in [-0.25, -0.2) is 14.3 Å². The van der Waals surface area contributed by atoms with Crippen molar-refractivity contribution in [2.45, 2.75) is 32.4 Å². The number of rotatable bonds is 5. The van der Waals surface area contributed by atoms with Crippen LogP contribution in [-0.4, -0.2) is 25.8 Å².